The molecule has 1 fully saturated rings. The quantitative estimate of drug-likeness (QED) is 0.740. The zero-order valence-corrected chi connectivity index (χ0v) is 8.25. The van der Waals surface area contributed by atoms with E-state index in [1.54, 1.807) is 6.07 Å². The van der Waals surface area contributed by atoms with Crippen molar-refractivity contribution in [1.29, 1.82) is 0 Å². The predicted octanol–water partition coefficient (Wildman–Crippen LogP) is 2.34. The largest absolute Gasteiger partial charge is 0.367 e. The average Bonchev–Trinajstić information content (AvgIpc) is 2.01. The zero-order chi connectivity index (χ0) is 9.26. The van der Waals surface area contributed by atoms with E-state index < -0.39 is 0 Å². The van der Waals surface area contributed by atoms with E-state index in [9.17, 15) is 0 Å². The molecule has 3 nitrogen and oxygen atoms in total. The van der Waals surface area contributed by atoms with Crippen molar-refractivity contribution in [3.8, 4) is 0 Å². The summed E-state index contributed by atoms with van der Waals surface area (Å²) in [6, 6.07) is 2.32. The third kappa shape index (κ3) is 2.10. The average molecular weight is 198 g/mol. The molecule has 0 aliphatic heterocycles. The van der Waals surface area contributed by atoms with Gasteiger partial charge in [0, 0.05) is 12.1 Å². The summed E-state index contributed by atoms with van der Waals surface area (Å²) in [5, 5.41) is 3.80. The zero-order valence-electron chi connectivity index (χ0n) is 7.50. The van der Waals surface area contributed by atoms with Crippen LogP contribution in [-0.2, 0) is 0 Å². The van der Waals surface area contributed by atoms with E-state index in [2.05, 4.69) is 22.2 Å². The Labute approximate surface area is 82.5 Å². The molecule has 1 heterocycles. The fourth-order valence-corrected chi connectivity index (χ4v) is 1.79. The summed E-state index contributed by atoms with van der Waals surface area (Å²) in [5.41, 5.74) is 0. The molecule has 4 heteroatoms. The van der Waals surface area contributed by atoms with Gasteiger partial charge in [-0.25, -0.2) is 9.97 Å². The molecule has 2 rings (SSSR count). The molecule has 0 radical (unpaired) electrons. The Hall–Kier alpha value is -0.830. The van der Waals surface area contributed by atoms with Gasteiger partial charge < -0.3 is 5.32 Å². The first-order valence-corrected chi connectivity index (χ1v) is 4.86. The summed E-state index contributed by atoms with van der Waals surface area (Å²) in [6.45, 7) is 2.26. The third-order valence-corrected chi connectivity index (χ3v) is 2.57. The molecule has 0 unspecified atom stereocenters. The van der Waals surface area contributed by atoms with Gasteiger partial charge in [-0.2, -0.15) is 0 Å². The second-order valence-electron chi connectivity index (χ2n) is 3.64. The number of anilines is 1. The Morgan fingerprint density at radius 2 is 2.23 bits per heavy atom. The highest BCUT2D eigenvalue weighted by molar-refractivity contribution is 6.29. The van der Waals surface area contributed by atoms with E-state index in [-0.39, 0.29) is 0 Å². The van der Waals surface area contributed by atoms with Crippen LogP contribution in [-0.4, -0.2) is 16.0 Å². The summed E-state index contributed by atoms with van der Waals surface area (Å²) in [6.07, 6.45) is 3.93. The van der Waals surface area contributed by atoms with Gasteiger partial charge >= 0.3 is 0 Å². The molecule has 1 N–H and O–H groups in total. The minimum atomic E-state index is 0.491. The second-order valence-corrected chi connectivity index (χ2v) is 4.03. The summed E-state index contributed by atoms with van der Waals surface area (Å²) in [7, 11) is 0. The number of hydrogen-bond acceptors (Lipinski definition) is 3. The van der Waals surface area contributed by atoms with Crippen LogP contribution in [0.4, 0.5) is 5.82 Å². The highest BCUT2D eigenvalue weighted by Gasteiger charge is 2.25. The molecule has 1 aliphatic carbocycles. The van der Waals surface area contributed by atoms with Crippen LogP contribution < -0.4 is 5.32 Å². The van der Waals surface area contributed by atoms with Crippen LogP contribution in [0.3, 0.4) is 0 Å². The van der Waals surface area contributed by atoms with Crippen molar-refractivity contribution in [3.63, 3.8) is 0 Å². The number of rotatable bonds is 2. The normalized spacial score (nSPS) is 26.6. The van der Waals surface area contributed by atoms with E-state index in [0.717, 1.165) is 11.7 Å². The van der Waals surface area contributed by atoms with Crippen molar-refractivity contribution in [2.75, 3.05) is 5.32 Å². The number of nitrogens with zero attached hydrogens (tertiary/aromatic N) is 2. The SMILES string of the molecule is CC1CC(Nc2cc(Cl)ncn2)C1. The summed E-state index contributed by atoms with van der Waals surface area (Å²) in [4.78, 5) is 7.90. The molecular weight excluding hydrogens is 186 g/mol. The lowest BCUT2D eigenvalue weighted by atomic mass is 9.82. The molecule has 0 amide bonds. The summed E-state index contributed by atoms with van der Waals surface area (Å²) in [5.74, 6) is 1.67. The minimum absolute atomic E-state index is 0.491. The van der Waals surface area contributed by atoms with Gasteiger partial charge in [-0.1, -0.05) is 18.5 Å². The first-order chi connectivity index (χ1) is 6.24. The molecule has 1 aliphatic rings. The van der Waals surface area contributed by atoms with Crippen LogP contribution in [0.15, 0.2) is 12.4 Å². The van der Waals surface area contributed by atoms with Crippen LogP contribution in [0.5, 0.6) is 0 Å². The van der Waals surface area contributed by atoms with Crippen molar-refractivity contribution >= 4 is 17.4 Å². The standard InChI is InChI=1S/C9H12ClN3/c1-6-2-7(3-6)13-9-4-8(10)11-5-12-9/h4-7H,2-3H2,1H3,(H,11,12,13). The van der Waals surface area contributed by atoms with E-state index in [1.807, 2.05) is 0 Å². The van der Waals surface area contributed by atoms with Crippen LogP contribution in [0, 0.1) is 5.92 Å². The van der Waals surface area contributed by atoms with Crippen LogP contribution >= 0.6 is 11.6 Å². The number of halogens is 1. The second kappa shape index (κ2) is 3.50. The molecule has 13 heavy (non-hydrogen) atoms. The number of hydrogen-bond donors (Lipinski definition) is 1. The number of nitrogens with one attached hydrogen (secondary N) is 1. The van der Waals surface area contributed by atoms with Gasteiger partial charge in [0.15, 0.2) is 0 Å². The molecule has 1 aromatic heterocycles. The Morgan fingerprint density at radius 3 is 2.85 bits per heavy atom. The van der Waals surface area contributed by atoms with Crippen molar-refractivity contribution in [2.45, 2.75) is 25.8 Å². The topological polar surface area (TPSA) is 37.8 Å². The predicted molar refractivity (Wildman–Crippen MR) is 52.9 cm³/mol. The molecule has 70 valence electrons. The Balaban J connectivity index is 1.94. The van der Waals surface area contributed by atoms with Gasteiger partial charge in [-0.15, -0.1) is 0 Å². The Kier molecular flexibility index (Phi) is 2.36. The van der Waals surface area contributed by atoms with Crippen molar-refractivity contribution in [2.24, 2.45) is 5.92 Å². The highest BCUT2D eigenvalue weighted by atomic mass is 35.5. The molecule has 0 spiro atoms. The first-order valence-electron chi connectivity index (χ1n) is 4.48. The van der Waals surface area contributed by atoms with Crippen LogP contribution in [0.2, 0.25) is 5.15 Å². The van der Waals surface area contributed by atoms with E-state index in [1.165, 1.54) is 19.2 Å². The Morgan fingerprint density at radius 1 is 1.46 bits per heavy atom. The molecule has 0 aromatic carbocycles. The van der Waals surface area contributed by atoms with E-state index in [0.29, 0.717) is 11.2 Å². The van der Waals surface area contributed by atoms with Gasteiger partial charge in [-0.05, 0) is 18.8 Å². The molecule has 0 saturated heterocycles. The maximum Gasteiger partial charge on any atom is 0.134 e. The van der Waals surface area contributed by atoms with Gasteiger partial charge in [-0.3, -0.25) is 0 Å². The monoisotopic (exact) mass is 197 g/mol. The van der Waals surface area contributed by atoms with Gasteiger partial charge in [0.05, 0.1) is 0 Å². The van der Waals surface area contributed by atoms with E-state index >= 15 is 0 Å². The lowest BCUT2D eigenvalue weighted by molar-refractivity contribution is 0.308. The van der Waals surface area contributed by atoms with Crippen molar-refractivity contribution in [3.05, 3.63) is 17.5 Å². The lowest BCUT2D eigenvalue weighted by Crippen LogP contribution is -2.34. The first kappa shape index (κ1) is 8.75. The molecule has 1 saturated carbocycles. The molecule has 0 atom stereocenters. The molecular formula is C9H12ClN3. The number of aromatic nitrogens is 2. The summed E-state index contributed by atoms with van der Waals surface area (Å²) >= 11 is 5.73. The molecule has 1 aromatic rings. The van der Waals surface area contributed by atoms with Crippen molar-refractivity contribution in [1.82, 2.24) is 9.97 Å². The fourth-order valence-electron chi connectivity index (χ4n) is 1.64. The Bertz CT molecular complexity index is 297. The van der Waals surface area contributed by atoms with E-state index in [4.69, 9.17) is 11.6 Å². The van der Waals surface area contributed by atoms with Crippen molar-refractivity contribution < 1.29 is 0 Å². The fraction of sp³-hybridized carbons (Fsp3) is 0.556. The van der Waals surface area contributed by atoms with Gasteiger partial charge in [0.25, 0.3) is 0 Å². The molecule has 0 bridgehead atoms. The van der Waals surface area contributed by atoms with Crippen LogP contribution in [0.1, 0.15) is 19.8 Å². The summed E-state index contributed by atoms with van der Waals surface area (Å²) < 4.78 is 0. The highest BCUT2D eigenvalue weighted by Crippen LogP contribution is 2.28. The van der Waals surface area contributed by atoms with Gasteiger partial charge in [0.2, 0.25) is 0 Å². The maximum atomic E-state index is 5.73. The maximum absolute atomic E-state index is 5.73. The minimum Gasteiger partial charge on any atom is -0.367 e. The van der Waals surface area contributed by atoms with Crippen LogP contribution in [0.25, 0.3) is 0 Å². The third-order valence-electron chi connectivity index (χ3n) is 2.36. The van der Waals surface area contributed by atoms with Gasteiger partial charge in [0.1, 0.15) is 17.3 Å². The smallest absolute Gasteiger partial charge is 0.134 e. The lowest BCUT2D eigenvalue weighted by Gasteiger charge is -2.33.